The van der Waals surface area contributed by atoms with Crippen molar-refractivity contribution in [1.82, 2.24) is 4.90 Å². The van der Waals surface area contributed by atoms with Gasteiger partial charge in [0.1, 0.15) is 17.1 Å². The highest BCUT2D eigenvalue weighted by Gasteiger charge is 2.49. The van der Waals surface area contributed by atoms with Gasteiger partial charge < -0.3 is 9.84 Å². The van der Waals surface area contributed by atoms with Crippen LogP contribution in [0.1, 0.15) is 87.2 Å². The van der Waals surface area contributed by atoms with Gasteiger partial charge in [-0.25, -0.2) is 4.79 Å². The Kier molecular flexibility index (Phi) is 7.29. The van der Waals surface area contributed by atoms with Crippen molar-refractivity contribution < 1.29 is 24.2 Å². The van der Waals surface area contributed by atoms with Crippen LogP contribution in [0.2, 0.25) is 0 Å². The topological polar surface area (TPSA) is 96.3 Å². The molecule has 1 fully saturated rings. The third-order valence-electron chi connectivity index (χ3n) is 7.05. The van der Waals surface area contributed by atoms with Crippen LogP contribution in [-0.2, 0) is 16.1 Å². The minimum atomic E-state index is -1.48. The van der Waals surface area contributed by atoms with E-state index in [1.165, 1.54) is 13.8 Å². The molecular weight excluding hydrogens is 456 g/mol. The van der Waals surface area contributed by atoms with Crippen molar-refractivity contribution in [3.05, 3.63) is 65.2 Å². The first-order chi connectivity index (χ1) is 17.2. The Morgan fingerprint density at radius 3 is 2.39 bits per heavy atom. The summed E-state index contributed by atoms with van der Waals surface area (Å²) < 4.78 is 5.67. The number of carbonyl (C=O) groups excluding carboxylic acids is 2. The molecule has 1 N–H and O–H groups in total. The van der Waals surface area contributed by atoms with Crippen LogP contribution in [0.25, 0.3) is 0 Å². The van der Waals surface area contributed by atoms with Crippen LogP contribution in [0.4, 0.5) is 0 Å². The molecule has 190 valence electrons. The number of rotatable bonds is 10. The zero-order chi connectivity index (χ0) is 25.9. The van der Waals surface area contributed by atoms with Crippen LogP contribution in [0, 0.1) is 0 Å². The number of aliphatic carboxylic acids is 1. The van der Waals surface area contributed by atoms with Gasteiger partial charge in [-0.1, -0.05) is 62.6 Å². The van der Waals surface area contributed by atoms with Crippen LogP contribution in [0.3, 0.4) is 0 Å². The number of aliphatic imine (C=N–C) groups is 1. The lowest BCUT2D eigenvalue weighted by molar-refractivity contribution is -0.152. The van der Waals surface area contributed by atoms with Gasteiger partial charge in [0, 0.05) is 12.0 Å². The number of amides is 1. The van der Waals surface area contributed by atoms with Crippen molar-refractivity contribution in [2.24, 2.45) is 4.99 Å². The minimum Gasteiger partial charge on any atom is -0.478 e. The first-order valence-corrected chi connectivity index (χ1v) is 12.7. The summed E-state index contributed by atoms with van der Waals surface area (Å²) in [6, 6.07) is 13.9. The molecule has 1 saturated carbocycles. The van der Waals surface area contributed by atoms with Gasteiger partial charge in [0.2, 0.25) is 0 Å². The first-order valence-electron chi connectivity index (χ1n) is 12.7. The molecule has 1 spiro atoms. The van der Waals surface area contributed by atoms with Crippen LogP contribution in [-0.4, -0.2) is 44.6 Å². The lowest BCUT2D eigenvalue weighted by atomic mass is 9.98. The van der Waals surface area contributed by atoms with Gasteiger partial charge in [-0.05, 0) is 50.8 Å². The monoisotopic (exact) mass is 490 g/mol. The molecule has 0 saturated heterocycles. The summed E-state index contributed by atoms with van der Waals surface area (Å²) in [7, 11) is 0. The number of carbonyl (C=O) groups is 3. The number of carboxylic acid groups (broad SMARTS) is 1. The summed E-state index contributed by atoms with van der Waals surface area (Å²) in [5.41, 5.74) is -0.354. The second-order valence-corrected chi connectivity index (χ2v) is 10.2. The van der Waals surface area contributed by atoms with E-state index in [4.69, 9.17) is 9.73 Å². The molecule has 1 aliphatic heterocycles. The van der Waals surface area contributed by atoms with Gasteiger partial charge in [0.15, 0.2) is 11.4 Å². The van der Waals surface area contributed by atoms with Gasteiger partial charge in [0.05, 0.1) is 12.1 Å². The van der Waals surface area contributed by atoms with E-state index in [0.717, 1.165) is 56.3 Å². The molecule has 7 heteroatoms. The lowest BCUT2D eigenvalue weighted by Crippen LogP contribution is -2.40. The zero-order valence-electron chi connectivity index (χ0n) is 21.3. The van der Waals surface area contributed by atoms with Crippen LogP contribution in [0.15, 0.2) is 53.5 Å². The van der Waals surface area contributed by atoms with E-state index in [1.807, 2.05) is 17.0 Å². The number of benzene rings is 2. The zero-order valence-corrected chi connectivity index (χ0v) is 21.3. The van der Waals surface area contributed by atoms with E-state index in [1.54, 1.807) is 36.4 Å². The maximum absolute atomic E-state index is 13.4. The van der Waals surface area contributed by atoms with E-state index in [2.05, 4.69) is 6.92 Å². The molecule has 4 rings (SSSR count). The van der Waals surface area contributed by atoms with Gasteiger partial charge in [-0.2, -0.15) is 0 Å². The highest BCUT2D eigenvalue weighted by molar-refractivity contribution is 6.11. The normalized spacial score (nSPS) is 16.9. The number of ether oxygens (including phenoxy) is 1. The number of hydrogen-bond acceptors (Lipinski definition) is 5. The van der Waals surface area contributed by atoms with Crippen molar-refractivity contribution in [2.45, 2.75) is 83.4 Å². The highest BCUT2D eigenvalue weighted by Crippen LogP contribution is 2.40. The molecule has 2 aliphatic rings. The van der Waals surface area contributed by atoms with Crippen LogP contribution in [0.5, 0.6) is 5.75 Å². The summed E-state index contributed by atoms with van der Waals surface area (Å²) in [6.07, 6.45) is 6.55. The number of nitrogens with zero attached hydrogens (tertiary/aromatic N) is 2. The SMILES string of the molecule is CCCCC1=NC2(CCCC2)C(=O)N1Cc1ccc(C(=O)c2ccccc2OC(C)(C)C(=O)O)cc1. The minimum absolute atomic E-state index is 0.110. The largest absolute Gasteiger partial charge is 0.478 e. The smallest absolute Gasteiger partial charge is 0.347 e. The average molecular weight is 491 g/mol. The molecule has 0 bridgehead atoms. The molecule has 0 radical (unpaired) electrons. The Morgan fingerprint density at radius 1 is 1.08 bits per heavy atom. The number of para-hydroxylation sites is 1. The van der Waals surface area contributed by atoms with Crippen LogP contribution >= 0.6 is 0 Å². The van der Waals surface area contributed by atoms with E-state index < -0.39 is 17.1 Å². The second-order valence-electron chi connectivity index (χ2n) is 10.2. The van der Waals surface area contributed by atoms with Crippen LogP contribution < -0.4 is 4.74 Å². The predicted molar refractivity (Wildman–Crippen MR) is 137 cm³/mol. The van der Waals surface area contributed by atoms with Gasteiger partial charge in [0.25, 0.3) is 5.91 Å². The molecule has 2 aromatic rings. The summed E-state index contributed by atoms with van der Waals surface area (Å²) in [4.78, 5) is 44.9. The number of unbranched alkanes of at least 4 members (excludes halogenated alkanes) is 1. The Hall–Kier alpha value is -3.48. The third-order valence-corrected chi connectivity index (χ3v) is 7.05. The standard InChI is InChI=1S/C29H34N2O5/c1-4-5-12-24-30-29(17-8-9-18-29)26(33)31(24)19-20-13-15-21(16-14-20)25(32)22-10-6-7-11-23(22)36-28(2,3)27(34)35/h6-7,10-11,13-16H,4-5,8-9,12,17-19H2,1-3H3,(H,34,35). The van der Waals surface area contributed by atoms with Gasteiger partial charge in [-0.15, -0.1) is 0 Å². The summed E-state index contributed by atoms with van der Waals surface area (Å²) in [5, 5.41) is 9.40. The summed E-state index contributed by atoms with van der Waals surface area (Å²) >= 11 is 0. The molecule has 1 aliphatic carbocycles. The molecule has 7 nitrogen and oxygen atoms in total. The molecule has 0 aromatic heterocycles. The summed E-state index contributed by atoms with van der Waals surface area (Å²) in [6.45, 7) is 5.45. The fourth-order valence-electron chi connectivity index (χ4n) is 4.86. The second kappa shape index (κ2) is 10.2. The molecule has 1 heterocycles. The lowest BCUT2D eigenvalue weighted by Gasteiger charge is -2.23. The Bertz CT molecular complexity index is 1180. The average Bonchev–Trinajstić information content (AvgIpc) is 3.43. The maximum Gasteiger partial charge on any atom is 0.347 e. The predicted octanol–water partition coefficient (Wildman–Crippen LogP) is 5.40. The van der Waals surface area contributed by atoms with E-state index in [0.29, 0.717) is 17.7 Å². The molecule has 2 aromatic carbocycles. The van der Waals surface area contributed by atoms with Crippen molar-refractivity contribution >= 4 is 23.5 Å². The van der Waals surface area contributed by atoms with Crippen molar-refractivity contribution in [1.29, 1.82) is 0 Å². The first kappa shape index (κ1) is 25.6. The summed E-state index contributed by atoms with van der Waals surface area (Å²) in [5.74, 6) is -0.160. The quantitative estimate of drug-likeness (QED) is 0.450. The van der Waals surface area contributed by atoms with Crippen molar-refractivity contribution in [2.75, 3.05) is 0 Å². The number of ketones is 1. The van der Waals surface area contributed by atoms with Gasteiger partial charge >= 0.3 is 5.97 Å². The Morgan fingerprint density at radius 2 is 1.75 bits per heavy atom. The fraction of sp³-hybridized carbons (Fsp3) is 0.448. The van der Waals surface area contributed by atoms with Gasteiger partial charge in [-0.3, -0.25) is 19.5 Å². The van der Waals surface area contributed by atoms with E-state index in [-0.39, 0.29) is 17.4 Å². The maximum atomic E-state index is 13.4. The molecular formula is C29H34N2O5. The molecule has 0 atom stereocenters. The number of amidine groups is 1. The highest BCUT2D eigenvalue weighted by atomic mass is 16.5. The molecule has 1 amide bonds. The van der Waals surface area contributed by atoms with E-state index >= 15 is 0 Å². The molecule has 0 unspecified atom stereocenters. The van der Waals surface area contributed by atoms with E-state index in [9.17, 15) is 19.5 Å². The fourth-order valence-corrected chi connectivity index (χ4v) is 4.86. The molecule has 36 heavy (non-hydrogen) atoms. The third kappa shape index (κ3) is 5.06. The van der Waals surface area contributed by atoms with Crippen molar-refractivity contribution in [3.63, 3.8) is 0 Å². The number of carboxylic acids is 1. The number of hydrogen-bond donors (Lipinski definition) is 1. The Balaban J connectivity index is 1.52. The Labute approximate surface area is 212 Å². The van der Waals surface area contributed by atoms with Crippen molar-refractivity contribution in [3.8, 4) is 5.75 Å².